The Hall–Kier alpha value is -2.93. The number of pyridine rings is 1. The maximum Gasteiger partial charge on any atom is 0.412 e. The van der Waals surface area contributed by atoms with Crippen LogP contribution in [-0.4, -0.2) is 20.8 Å². The van der Waals surface area contributed by atoms with Crippen LogP contribution in [0.1, 0.15) is 42.1 Å². The van der Waals surface area contributed by atoms with E-state index in [1.165, 1.54) is 4.90 Å². The van der Waals surface area contributed by atoms with Gasteiger partial charge in [-0.05, 0) is 72.0 Å². The van der Waals surface area contributed by atoms with E-state index in [0.29, 0.717) is 22.3 Å². The molecule has 0 saturated heterocycles. The molecule has 2 aromatic heterocycles. The van der Waals surface area contributed by atoms with Gasteiger partial charge in [0.1, 0.15) is 0 Å². The molecule has 4 aromatic rings. The highest BCUT2D eigenvalue weighted by Crippen LogP contribution is 2.42. The highest BCUT2D eigenvalue weighted by molar-refractivity contribution is 7.99. The second-order valence-corrected chi connectivity index (χ2v) is 10.7. The average Bonchev–Trinajstić information content (AvgIpc) is 3.08. The van der Waals surface area contributed by atoms with E-state index in [2.05, 4.69) is 30.3 Å². The lowest BCUT2D eigenvalue weighted by Gasteiger charge is -2.21. The number of carbonyl (C=O) groups is 1. The number of para-hydroxylation sites is 1. The summed E-state index contributed by atoms with van der Waals surface area (Å²) in [5, 5.41) is 12.3. The lowest BCUT2D eigenvalue weighted by Crippen LogP contribution is -2.29. The monoisotopic (exact) mass is 539 g/mol. The number of anilines is 1. The zero-order chi connectivity index (χ0) is 25.8. The lowest BCUT2D eigenvalue weighted by molar-refractivity contribution is 0.201. The fourth-order valence-electron chi connectivity index (χ4n) is 4.29. The van der Waals surface area contributed by atoms with Crippen molar-refractivity contribution < 1.29 is 9.90 Å². The minimum absolute atomic E-state index is 0.154. The van der Waals surface area contributed by atoms with Gasteiger partial charge in [0.05, 0.1) is 11.6 Å². The number of amides is 1. The molecule has 5 nitrogen and oxygen atoms in total. The van der Waals surface area contributed by atoms with Crippen LogP contribution in [0.25, 0.3) is 0 Å². The first kappa shape index (κ1) is 26.1. The van der Waals surface area contributed by atoms with Gasteiger partial charge in [0.2, 0.25) is 0 Å². The average molecular weight is 541 g/mol. The number of benzene rings is 2. The smallest absolute Gasteiger partial charge is 0.412 e. The lowest BCUT2D eigenvalue weighted by atomic mass is 10.00. The summed E-state index contributed by atoms with van der Waals surface area (Å²) < 4.78 is 2.25. The fraction of sp³-hybridized carbons (Fsp3) is 0.214. The van der Waals surface area contributed by atoms with Crippen molar-refractivity contribution in [3.63, 3.8) is 0 Å². The summed E-state index contributed by atoms with van der Waals surface area (Å²) in [6.07, 6.45) is 2.57. The molecule has 2 aromatic carbocycles. The summed E-state index contributed by atoms with van der Waals surface area (Å²) in [5.41, 5.74) is 4.88. The van der Waals surface area contributed by atoms with E-state index in [9.17, 15) is 9.90 Å². The van der Waals surface area contributed by atoms with E-state index < -0.39 is 6.09 Å². The number of rotatable bonds is 8. The zero-order valence-corrected chi connectivity index (χ0v) is 22.6. The summed E-state index contributed by atoms with van der Waals surface area (Å²) >= 11 is 14.2. The molecule has 0 spiro atoms. The quantitative estimate of drug-likeness (QED) is 0.243. The van der Waals surface area contributed by atoms with Crippen LogP contribution >= 0.6 is 35.0 Å². The molecule has 0 atom stereocenters. The number of hydrogen-bond acceptors (Lipinski definition) is 3. The van der Waals surface area contributed by atoms with Crippen LogP contribution < -0.4 is 4.90 Å². The van der Waals surface area contributed by atoms with Gasteiger partial charge in [-0.3, -0.25) is 9.88 Å². The first-order chi connectivity index (χ1) is 17.2. The summed E-state index contributed by atoms with van der Waals surface area (Å²) in [6.45, 7) is 7.20. The van der Waals surface area contributed by atoms with Gasteiger partial charge in [-0.2, -0.15) is 0 Å². The Kier molecular flexibility index (Phi) is 8.29. The highest BCUT2D eigenvalue weighted by atomic mass is 35.5. The van der Waals surface area contributed by atoms with Gasteiger partial charge >= 0.3 is 6.09 Å². The molecule has 0 saturated carbocycles. The van der Waals surface area contributed by atoms with Crippen LogP contribution in [0.4, 0.5) is 10.5 Å². The molecule has 0 aliphatic carbocycles. The van der Waals surface area contributed by atoms with E-state index in [1.54, 1.807) is 30.2 Å². The van der Waals surface area contributed by atoms with Gasteiger partial charge in [-0.1, -0.05) is 67.0 Å². The Labute approximate surface area is 225 Å². The van der Waals surface area contributed by atoms with Crippen LogP contribution in [0, 0.1) is 6.92 Å². The van der Waals surface area contributed by atoms with Gasteiger partial charge in [-0.25, -0.2) is 4.79 Å². The Morgan fingerprint density at radius 2 is 1.69 bits per heavy atom. The van der Waals surface area contributed by atoms with Crippen LogP contribution in [0.5, 0.6) is 0 Å². The minimum Gasteiger partial charge on any atom is -0.465 e. The van der Waals surface area contributed by atoms with E-state index in [1.807, 2.05) is 54.6 Å². The van der Waals surface area contributed by atoms with Gasteiger partial charge < -0.3 is 9.67 Å². The molecule has 186 valence electrons. The number of hydrogen-bond donors (Lipinski definition) is 1. The van der Waals surface area contributed by atoms with E-state index in [-0.39, 0.29) is 12.5 Å². The van der Waals surface area contributed by atoms with Crippen LogP contribution in [-0.2, 0) is 13.1 Å². The fourth-order valence-corrected chi connectivity index (χ4v) is 6.32. The van der Waals surface area contributed by atoms with Crippen molar-refractivity contribution in [3.8, 4) is 0 Å². The first-order valence-electron chi connectivity index (χ1n) is 11.5. The van der Waals surface area contributed by atoms with Crippen molar-refractivity contribution >= 4 is 46.7 Å². The second kappa shape index (κ2) is 11.4. The van der Waals surface area contributed by atoms with Crippen molar-refractivity contribution in [1.29, 1.82) is 0 Å². The molecule has 0 unspecified atom stereocenters. The second-order valence-electron chi connectivity index (χ2n) is 8.79. The largest absolute Gasteiger partial charge is 0.465 e. The van der Waals surface area contributed by atoms with E-state index in [4.69, 9.17) is 23.2 Å². The molecule has 1 N–H and O–H groups in total. The molecule has 1 amide bonds. The van der Waals surface area contributed by atoms with Crippen molar-refractivity contribution in [2.75, 3.05) is 4.90 Å². The zero-order valence-electron chi connectivity index (χ0n) is 20.3. The molecule has 0 aliphatic rings. The van der Waals surface area contributed by atoms with Crippen molar-refractivity contribution in [3.05, 3.63) is 105 Å². The maximum atomic E-state index is 12.3. The molecular weight excluding hydrogens is 513 g/mol. The van der Waals surface area contributed by atoms with Crippen LogP contribution in [0.3, 0.4) is 0 Å². The predicted octanol–water partition coefficient (Wildman–Crippen LogP) is 8.51. The molecule has 0 radical (unpaired) electrons. The molecule has 8 heteroatoms. The third-order valence-corrected chi connectivity index (χ3v) is 7.52. The molecule has 0 fully saturated rings. The third-order valence-electron chi connectivity index (χ3n) is 5.98. The van der Waals surface area contributed by atoms with Gasteiger partial charge in [0, 0.05) is 45.3 Å². The molecular formula is C28H27Cl2N3O2S. The van der Waals surface area contributed by atoms with Gasteiger partial charge in [0.25, 0.3) is 0 Å². The van der Waals surface area contributed by atoms with Crippen LogP contribution in [0.2, 0.25) is 10.0 Å². The van der Waals surface area contributed by atoms with Gasteiger partial charge in [-0.15, -0.1) is 0 Å². The standard InChI is InChI=1S/C28H27Cl2N3O2S/c1-18(2)26-25(17-33(28(34)35)23-7-5-4-6-8-23)19(3)32(16-20-9-11-31-12-10-20)27(26)36-24-14-21(29)13-22(30)15-24/h4-15,18H,16-17H2,1-3H3,(H,34,35). The summed E-state index contributed by atoms with van der Waals surface area (Å²) in [7, 11) is 0. The van der Waals surface area contributed by atoms with Crippen LogP contribution in [0.15, 0.2) is 83.0 Å². The van der Waals surface area contributed by atoms with Crippen molar-refractivity contribution in [2.24, 2.45) is 0 Å². The Balaban J connectivity index is 1.87. The Bertz CT molecular complexity index is 1340. The Morgan fingerprint density at radius 1 is 1.06 bits per heavy atom. The minimum atomic E-state index is -0.993. The number of nitrogens with zero attached hydrogens (tertiary/aromatic N) is 3. The van der Waals surface area contributed by atoms with Gasteiger partial charge in [0.15, 0.2) is 0 Å². The third kappa shape index (κ3) is 5.89. The molecule has 2 heterocycles. The highest BCUT2D eigenvalue weighted by Gasteiger charge is 2.27. The summed E-state index contributed by atoms with van der Waals surface area (Å²) in [4.78, 5) is 18.8. The Morgan fingerprint density at radius 3 is 2.28 bits per heavy atom. The van der Waals surface area contributed by atoms with E-state index in [0.717, 1.165) is 32.3 Å². The number of carboxylic acid groups (broad SMARTS) is 1. The summed E-state index contributed by atoms with van der Waals surface area (Å²) in [5.74, 6) is 0.154. The normalized spacial score (nSPS) is 11.2. The summed E-state index contributed by atoms with van der Waals surface area (Å²) in [6, 6.07) is 18.7. The van der Waals surface area contributed by atoms with Crippen molar-refractivity contribution in [1.82, 2.24) is 9.55 Å². The molecule has 4 rings (SSSR count). The molecule has 36 heavy (non-hydrogen) atoms. The SMILES string of the molecule is Cc1c(CN(C(=O)O)c2ccccc2)c(C(C)C)c(Sc2cc(Cl)cc(Cl)c2)n1Cc1ccncc1. The molecule has 0 aliphatic heterocycles. The molecule has 0 bridgehead atoms. The van der Waals surface area contributed by atoms with Crippen molar-refractivity contribution in [2.45, 2.75) is 49.7 Å². The first-order valence-corrected chi connectivity index (χ1v) is 13.1. The van der Waals surface area contributed by atoms with E-state index >= 15 is 0 Å². The maximum absolute atomic E-state index is 12.3. The number of halogens is 2. The topological polar surface area (TPSA) is 58.4 Å². The predicted molar refractivity (Wildman–Crippen MR) is 148 cm³/mol. The number of aromatic nitrogens is 2.